The SMILES string of the molecule is Cc1ccsc1C1(C(C)C)CCCN1. The molecule has 1 saturated heterocycles. The van der Waals surface area contributed by atoms with Crippen LogP contribution in [0, 0.1) is 12.8 Å². The third-order valence-electron chi connectivity index (χ3n) is 3.44. The van der Waals surface area contributed by atoms with Crippen molar-refractivity contribution in [1.29, 1.82) is 0 Å². The number of hydrogen-bond donors (Lipinski definition) is 1. The van der Waals surface area contributed by atoms with Crippen LogP contribution in [-0.4, -0.2) is 6.54 Å². The Labute approximate surface area is 90.5 Å². The van der Waals surface area contributed by atoms with Gasteiger partial charge in [0.2, 0.25) is 0 Å². The highest BCUT2D eigenvalue weighted by molar-refractivity contribution is 7.10. The van der Waals surface area contributed by atoms with Gasteiger partial charge >= 0.3 is 0 Å². The van der Waals surface area contributed by atoms with Gasteiger partial charge in [0, 0.05) is 4.88 Å². The molecule has 2 heteroatoms. The van der Waals surface area contributed by atoms with Crippen LogP contribution in [0.15, 0.2) is 11.4 Å². The van der Waals surface area contributed by atoms with E-state index in [1.165, 1.54) is 24.9 Å². The second-order valence-corrected chi connectivity index (χ2v) is 5.51. The molecule has 1 atom stereocenters. The van der Waals surface area contributed by atoms with E-state index in [-0.39, 0.29) is 5.54 Å². The van der Waals surface area contributed by atoms with Crippen molar-refractivity contribution < 1.29 is 0 Å². The molecule has 2 rings (SSSR count). The van der Waals surface area contributed by atoms with Crippen molar-refractivity contribution in [2.75, 3.05) is 6.54 Å². The first-order valence-electron chi connectivity index (χ1n) is 5.46. The molecule has 1 aromatic heterocycles. The molecule has 0 amide bonds. The van der Waals surface area contributed by atoms with Crippen LogP contribution in [-0.2, 0) is 5.54 Å². The van der Waals surface area contributed by atoms with Crippen LogP contribution in [0.1, 0.15) is 37.1 Å². The summed E-state index contributed by atoms with van der Waals surface area (Å²) in [5.41, 5.74) is 1.73. The van der Waals surface area contributed by atoms with Gasteiger partial charge in [-0.15, -0.1) is 11.3 Å². The standard InChI is InChI=1S/C12H19NS/c1-9(2)12(6-4-7-13-12)11-10(3)5-8-14-11/h5,8-9,13H,4,6-7H2,1-3H3. The zero-order chi connectivity index (χ0) is 10.2. The summed E-state index contributed by atoms with van der Waals surface area (Å²) >= 11 is 1.91. The number of aryl methyl sites for hydroxylation is 1. The minimum Gasteiger partial charge on any atom is -0.306 e. The van der Waals surface area contributed by atoms with Crippen molar-refractivity contribution in [3.8, 4) is 0 Å². The maximum atomic E-state index is 3.72. The molecule has 0 aliphatic carbocycles. The highest BCUT2D eigenvalue weighted by Gasteiger charge is 2.39. The Morgan fingerprint density at radius 3 is 2.71 bits per heavy atom. The lowest BCUT2D eigenvalue weighted by atomic mass is 9.82. The van der Waals surface area contributed by atoms with E-state index in [4.69, 9.17) is 0 Å². The normalized spacial score (nSPS) is 27.4. The predicted molar refractivity (Wildman–Crippen MR) is 62.8 cm³/mol. The van der Waals surface area contributed by atoms with Gasteiger partial charge in [-0.25, -0.2) is 0 Å². The van der Waals surface area contributed by atoms with Gasteiger partial charge in [-0.1, -0.05) is 13.8 Å². The Bertz CT molecular complexity index is 308. The first-order valence-corrected chi connectivity index (χ1v) is 6.34. The third-order valence-corrected chi connectivity index (χ3v) is 4.64. The van der Waals surface area contributed by atoms with Gasteiger partial charge in [-0.3, -0.25) is 0 Å². The Hall–Kier alpha value is -0.340. The zero-order valence-corrected chi connectivity index (χ0v) is 10.1. The van der Waals surface area contributed by atoms with E-state index >= 15 is 0 Å². The average molecular weight is 209 g/mol. The van der Waals surface area contributed by atoms with Gasteiger partial charge in [-0.2, -0.15) is 0 Å². The molecule has 0 spiro atoms. The van der Waals surface area contributed by atoms with E-state index in [1.54, 1.807) is 4.88 Å². The van der Waals surface area contributed by atoms with Crippen LogP contribution in [0.4, 0.5) is 0 Å². The van der Waals surface area contributed by atoms with Crippen molar-refractivity contribution in [3.63, 3.8) is 0 Å². The number of rotatable bonds is 2. The second-order valence-electron chi connectivity index (χ2n) is 4.59. The van der Waals surface area contributed by atoms with Crippen LogP contribution in [0.2, 0.25) is 0 Å². The molecule has 78 valence electrons. The van der Waals surface area contributed by atoms with Crippen molar-refractivity contribution in [2.24, 2.45) is 5.92 Å². The van der Waals surface area contributed by atoms with E-state index in [9.17, 15) is 0 Å². The molecule has 2 heterocycles. The molecule has 1 fully saturated rings. The first-order chi connectivity index (χ1) is 6.67. The van der Waals surface area contributed by atoms with Gasteiger partial charge in [0.05, 0.1) is 5.54 Å². The van der Waals surface area contributed by atoms with E-state index in [0.29, 0.717) is 5.92 Å². The molecule has 0 radical (unpaired) electrons. The quantitative estimate of drug-likeness (QED) is 0.788. The Balaban J connectivity index is 2.41. The lowest BCUT2D eigenvalue weighted by Gasteiger charge is -2.34. The summed E-state index contributed by atoms with van der Waals surface area (Å²) < 4.78 is 0. The van der Waals surface area contributed by atoms with Gasteiger partial charge in [0.25, 0.3) is 0 Å². The smallest absolute Gasteiger partial charge is 0.0555 e. The van der Waals surface area contributed by atoms with Crippen LogP contribution in [0.25, 0.3) is 0 Å². The molecule has 1 aliphatic rings. The van der Waals surface area contributed by atoms with E-state index in [0.717, 1.165) is 0 Å². The van der Waals surface area contributed by atoms with Crippen molar-refractivity contribution >= 4 is 11.3 Å². The summed E-state index contributed by atoms with van der Waals surface area (Å²) in [6.45, 7) is 8.07. The molecule has 0 bridgehead atoms. The second kappa shape index (κ2) is 3.67. The van der Waals surface area contributed by atoms with Gasteiger partial charge in [0.15, 0.2) is 0 Å². The summed E-state index contributed by atoms with van der Waals surface area (Å²) in [5.74, 6) is 0.683. The lowest BCUT2D eigenvalue weighted by Crippen LogP contribution is -2.41. The minimum absolute atomic E-state index is 0.276. The molecule has 0 saturated carbocycles. The van der Waals surface area contributed by atoms with Crippen molar-refractivity contribution in [2.45, 2.75) is 39.2 Å². The highest BCUT2D eigenvalue weighted by Crippen LogP contribution is 2.41. The van der Waals surface area contributed by atoms with Gasteiger partial charge in [-0.05, 0) is 49.2 Å². The summed E-state index contributed by atoms with van der Waals surface area (Å²) in [7, 11) is 0. The Morgan fingerprint density at radius 2 is 2.29 bits per heavy atom. The van der Waals surface area contributed by atoms with Crippen molar-refractivity contribution in [3.05, 3.63) is 21.9 Å². The van der Waals surface area contributed by atoms with Crippen LogP contribution in [0.3, 0.4) is 0 Å². The number of thiophene rings is 1. The zero-order valence-electron chi connectivity index (χ0n) is 9.26. The summed E-state index contributed by atoms with van der Waals surface area (Å²) in [6.07, 6.45) is 2.61. The van der Waals surface area contributed by atoms with E-state index in [1.807, 2.05) is 11.3 Å². The monoisotopic (exact) mass is 209 g/mol. The molecule has 1 nitrogen and oxygen atoms in total. The van der Waals surface area contributed by atoms with Gasteiger partial charge < -0.3 is 5.32 Å². The largest absolute Gasteiger partial charge is 0.306 e. The molecule has 0 aromatic carbocycles. The fourth-order valence-electron chi connectivity index (χ4n) is 2.55. The van der Waals surface area contributed by atoms with Gasteiger partial charge in [0.1, 0.15) is 0 Å². The highest BCUT2D eigenvalue weighted by atomic mass is 32.1. The minimum atomic E-state index is 0.276. The maximum Gasteiger partial charge on any atom is 0.0555 e. The van der Waals surface area contributed by atoms with Crippen molar-refractivity contribution in [1.82, 2.24) is 5.32 Å². The fraction of sp³-hybridized carbons (Fsp3) is 0.667. The van der Waals surface area contributed by atoms with E-state index < -0.39 is 0 Å². The molecule has 1 unspecified atom stereocenters. The lowest BCUT2D eigenvalue weighted by molar-refractivity contribution is 0.282. The first kappa shape index (κ1) is 10.2. The number of nitrogens with one attached hydrogen (secondary N) is 1. The summed E-state index contributed by atoms with van der Waals surface area (Å²) in [4.78, 5) is 1.56. The fourth-order valence-corrected chi connectivity index (χ4v) is 3.83. The van der Waals surface area contributed by atoms with Crippen LogP contribution >= 0.6 is 11.3 Å². The number of hydrogen-bond acceptors (Lipinski definition) is 2. The maximum absolute atomic E-state index is 3.72. The molecule has 1 aliphatic heterocycles. The molecular formula is C12H19NS. The Morgan fingerprint density at radius 1 is 1.50 bits per heavy atom. The predicted octanol–water partition coefficient (Wildman–Crippen LogP) is 3.29. The van der Waals surface area contributed by atoms with E-state index in [2.05, 4.69) is 37.5 Å². The topological polar surface area (TPSA) is 12.0 Å². The molecule has 1 aromatic rings. The molecule has 1 N–H and O–H groups in total. The van der Waals surface area contributed by atoms with Crippen LogP contribution < -0.4 is 5.32 Å². The average Bonchev–Trinajstić information content (AvgIpc) is 2.72. The third kappa shape index (κ3) is 1.41. The molecular weight excluding hydrogens is 190 g/mol. The summed E-state index contributed by atoms with van der Waals surface area (Å²) in [5, 5.41) is 5.94. The summed E-state index contributed by atoms with van der Waals surface area (Å²) in [6, 6.07) is 2.24. The Kier molecular flexibility index (Phi) is 2.67. The van der Waals surface area contributed by atoms with Crippen LogP contribution in [0.5, 0.6) is 0 Å². The molecule has 14 heavy (non-hydrogen) atoms.